The largest absolute Gasteiger partial charge is 0.309 e. The molecule has 0 atom stereocenters. The van der Waals surface area contributed by atoms with E-state index in [1.54, 1.807) is 0 Å². The molecule has 0 aliphatic rings. The minimum absolute atomic E-state index is 0.00618. The topological polar surface area (TPSA) is 31.3 Å². The van der Waals surface area contributed by atoms with Crippen molar-refractivity contribution in [3.05, 3.63) is 210 Å². The molecule has 0 radical (unpaired) electrons. The van der Waals surface area contributed by atoms with Crippen LogP contribution in [0, 0.1) is 0 Å². The standard InChI is InChI=1S/C56H37N3O/c1-3-17-47-49(4-2)57(51-33-32-45-40-23-13-14-29-50(40)58(55(45)52(47)51)36-20-9-6-10-21-36)37-30-31-38(35-18-7-5-8-19-35)48(34-37)44-28-16-27-43-42-26-15-25-41-39-22-11-12-24-46(39)56(60)59(53(41)42)54(43)44/h3-34H,2H2,1H3/b17-3-. The van der Waals surface area contributed by atoms with Gasteiger partial charge in [0.15, 0.2) is 0 Å². The van der Waals surface area contributed by atoms with Crippen LogP contribution in [0.15, 0.2) is 193 Å². The molecular formula is C56H37N3O. The number of hydrogen-bond acceptors (Lipinski definition) is 1. The Morgan fingerprint density at radius 1 is 0.467 bits per heavy atom. The molecule has 0 fully saturated rings. The normalized spacial score (nSPS) is 12.2. The van der Waals surface area contributed by atoms with Gasteiger partial charge in [-0.3, -0.25) is 9.20 Å². The van der Waals surface area contributed by atoms with Crippen LogP contribution in [0.4, 0.5) is 0 Å². The zero-order chi connectivity index (χ0) is 40.1. The first-order chi connectivity index (χ1) is 29.7. The lowest BCUT2D eigenvalue weighted by Gasteiger charge is -2.17. The van der Waals surface area contributed by atoms with Gasteiger partial charge in [-0.05, 0) is 77.5 Å². The zero-order valence-electron chi connectivity index (χ0n) is 32.9. The Bertz CT molecular complexity index is 3810. The van der Waals surface area contributed by atoms with Gasteiger partial charge in [0.1, 0.15) is 0 Å². The van der Waals surface area contributed by atoms with Gasteiger partial charge in [0.25, 0.3) is 5.56 Å². The van der Waals surface area contributed by atoms with Crippen molar-refractivity contribution >= 4 is 82.8 Å². The maximum Gasteiger partial charge on any atom is 0.263 e. The van der Waals surface area contributed by atoms with Crippen LogP contribution in [0.2, 0.25) is 0 Å². The Morgan fingerprint density at radius 2 is 1.10 bits per heavy atom. The first kappa shape index (κ1) is 34.1. The van der Waals surface area contributed by atoms with Crippen LogP contribution in [0.3, 0.4) is 0 Å². The summed E-state index contributed by atoms with van der Waals surface area (Å²) >= 11 is 0. The van der Waals surface area contributed by atoms with Crippen LogP contribution in [-0.4, -0.2) is 13.5 Å². The van der Waals surface area contributed by atoms with Gasteiger partial charge in [0.05, 0.1) is 33.3 Å². The second-order valence-electron chi connectivity index (χ2n) is 15.6. The highest BCUT2D eigenvalue weighted by atomic mass is 16.1. The highest BCUT2D eigenvalue weighted by Crippen LogP contribution is 2.45. The SMILES string of the molecule is C=Cc1c(/C=C\C)c2c(ccc3c4ccccc4n(-c4ccccc4)c32)n1-c1ccc(-c2ccccc2)c(-c2cccc3c4cccc5c6ccccc6c(=O)n(c23)c54)c1. The fraction of sp³-hybridized carbons (Fsp3) is 0.0179. The molecule has 4 heterocycles. The van der Waals surface area contributed by atoms with E-state index >= 15 is 0 Å². The Hall–Kier alpha value is -7.95. The second kappa shape index (κ2) is 13.0. The fourth-order valence-corrected chi connectivity index (χ4v) is 10.1. The van der Waals surface area contributed by atoms with Crippen molar-refractivity contribution in [3.63, 3.8) is 0 Å². The van der Waals surface area contributed by atoms with E-state index in [1.165, 1.54) is 10.8 Å². The molecule has 0 spiro atoms. The Balaban J connectivity index is 1.22. The van der Waals surface area contributed by atoms with Crippen molar-refractivity contribution in [1.82, 2.24) is 13.5 Å². The van der Waals surface area contributed by atoms with Crippen molar-refractivity contribution in [2.24, 2.45) is 0 Å². The lowest BCUT2D eigenvalue weighted by atomic mass is 9.92. The van der Waals surface area contributed by atoms with Crippen LogP contribution in [0.25, 0.3) is 116 Å². The Kier molecular flexibility index (Phi) is 7.41. The molecule has 4 heteroatoms. The molecule has 60 heavy (non-hydrogen) atoms. The maximum atomic E-state index is 14.7. The van der Waals surface area contributed by atoms with Crippen LogP contribution >= 0.6 is 0 Å². The summed E-state index contributed by atoms with van der Waals surface area (Å²) in [7, 11) is 0. The third kappa shape index (κ3) is 4.64. The first-order valence-electron chi connectivity index (χ1n) is 20.5. The monoisotopic (exact) mass is 767 g/mol. The fourth-order valence-electron chi connectivity index (χ4n) is 10.1. The van der Waals surface area contributed by atoms with Crippen molar-refractivity contribution in [2.75, 3.05) is 0 Å². The predicted octanol–water partition coefficient (Wildman–Crippen LogP) is 14.2. The summed E-state index contributed by atoms with van der Waals surface area (Å²) < 4.78 is 6.75. The van der Waals surface area contributed by atoms with Gasteiger partial charge in [0.2, 0.25) is 0 Å². The van der Waals surface area contributed by atoms with Gasteiger partial charge in [-0.25, -0.2) is 0 Å². The molecule has 12 aromatic rings. The minimum Gasteiger partial charge on any atom is -0.309 e. The van der Waals surface area contributed by atoms with E-state index in [2.05, 4.69) is 193 Å². The van der Waals surface area contributed by atoms with E-state index in [-0.39, 0.29) is 5.56 Å². The summed E-state index contributed by atoms with van der Waals surface area (Å²) in [4.78, 5) is 14.7. The number of pyridine rings is 1. The molecular weight excluding hydrogens is 731 g/mol. The summed E-state index contributed by atoms with van der Waals surface area (Å²) in [5.41, 5.74) is 13.8. The molecule has 0 saturated carbocycles. The third-order valence-electron chi connectivity index (χ3n) is 12.5. The van der Waals surface area contributed by atoms with Gasteiger partial charge >= 0.3 is 0 Å². The summed E-state index contributed by atoms with van der Waals surface area (Å²) in [6, 6.07) is 62.1. The number of nitrogens with zero attached hydrogens (tertiary/aromatic N) is 3. The molecule has 8 aromatic carbocycles. The molecule has 0 bridgehead atoms. The van der Waals surface area contributed by atoms with Crippen molar-refractivity contribution < 1.29 is 0 Å². The number of aromatic nitrogens is 3. The number of benzene rings is 8. The van der Waals surface area contributed by atoms with Crippen molar-refractivity contribution in [3.8, 4) is 33.6 Å². The van der Waals surface area contributed by atoms with Gasteiger partial charge in [-0.15, -0.1) is 0 Å². The lowest BCUT2D eigenvalue weighted by Crippen LogP contribution is -2.13. The molecule has 12 rings (SSSR count). The average Bonchev–Trinajstić information content (AvgIpc) is 3.95. The lowest BCUT2D eigenvalue weighted by molar-refractivity contribution is 1.11. The Labute approximate surface area is 345 Å². The summed E-state index contributed by atoms with van der Waals surface area (Å²) in [6.45, 7) is 6.51. The van der Waals surface area contributed by atoms with Crippen LogP contribution in [-0.2, 0) is 0 Å². The van der Waals surface area contributed by atoms with E-state index in [0.29, 0.717) is 5.39 Å². The summed E-state index contributed by atoms with van der Waals surface area (Å²) in [6.07, 6.45) is 6.33. The van der Waals surface area contributed by atoms with E-state index in [1.807, 2.05) is 28.7 Å². The molecule has 0 N–H and O–H groups in total. The van der Waals surface area contributed by atoms with E-state index < -0.39 is 0 Å². The van der Waals surface area contributed by atoms with Crippen LogP contribution < -0.4 is 5.56 Å². The Morgan fingerprint density at radius 3 is 1.87 bits per heavy atom. The average molecular weight is 768 g/mol. The quantitative estimate of drug-likeness (QED) is 0.155. The molecule has 0 saturated heterocycles. The van der Waals surface area contributed by atoms with E-state index in [0.717, 1.165) is 99.4 Å². The summed E-state index contributed by atoms with van der Waals surface area (Å²) in [5, 5.41) is 8.47. The molecule has 0 unspecified atom stereocenters. The van der Waals surface area contributed by atoms with Crippen molar-refractivity contribution in [1.29, 1.82) is 0 Å². The van der Waals surface area contributed by atoms with Gasteiger partial charge in [-0.2, -0.15) is 0 Å². The number of hydrogen-bond donors (Lipinski definition) is 0. The van der Waals surface area contributed by atoms with Gasteiger partial charge < -0.3 is 9.13 Å². The van der Waals surface area contributed by atoms with Gasteiger partial charge in [0, 0.05) is 60.2 Å². The molecule has 4 nitrogen and oxygen atoms in total. The molecule has 4 aromatic heterocycles. The molecule has 0 amide bonds. The molecule has 0 aliphatic heterocycles. The minimum atomic E-state index is -0.00618. The van der Waals surface area contributed by atoms with E-state index in [9.17, 15) is 4.79 Å². The summed E-state index contributed by atoms with van der Waals surface area (Å²) in [5.74, 6) is 0. The zero-order valence-corrected chi connectivity index (χ0v) is 32.9. The number of para-hydroxylation sites is 4. The number of allylic oxidation sites excluding steroid dienone is 1. The maximum absolute atomic E-state index is 14.7. The smallest absolute Gasteiger partial charge is 0.263 e. The highest BCUT2D eigenvalue weighted by Gasteiger charge is 2.25. The highest BCUT2D eigenvalue weighted by molar-refractivity contribution is 6.23. The number of rotatable bonds is 6. The molecule has 282 valence electrons. The number of fused-ring (bicyclic) bond motifs is 10. The van der Waals surface area contributed by atoms with Gasteiger partial charge in [-0.1, -0.05) is 152 Å². The first-order valence-corrected chi connectivity index (χ1v) is 20.5. The third-order valence-corrected chi connectivity index (χ3v) is 12.5. The van der Waals surface area contributed by atoms with E-state index in [4.69, 9.17) is 0 Å². The second-order valence-corrected chi connectivity index (χ2v) is 15.6. The molecule has 0 aliphatic carbocycles. The van der Waals surface area contributed by atoms with Crippen LogP contribution in [0.1, 0.15) is 18.2 Å². The van der Waals surface area contributed by atoms with Crippen LogP contribution in [0.5, 0.6) is 0 Å². The predicted molar refractivity (Wildman–Crippen MR) is 254 cm³/mol. The van der Waals surface area contributed by atoms with Crippen molar-refractivity contribution in [2.45, 2.75) is 6.92 Å².